The Morgan fingerprint density at radius 3 is 1.92 bits per heavy atom. The number of carbonyl (C=O) groups excluding carboxylic acids is 3. The van der Waals surface area contributed by atoms with Crippen LogP contribution >= 0.6 is 0 Å². The molecule has 1 aliphatic heterocycles. The number of rotatable bonds is 6. The van der Waals surface area contributed by atoms with Crippen LogP contribution < -0.4 is 0 Å². The molecule has 2 aromatic carbocycles. The Kier molecular flexibility index (Phi) is 4.43. The van der Waals surface area contributed by atoms with Crippen molar-refractivity contribution in [2.75, 3.05) is 6.54 Å². The van der Waals surface area contributed by atoms with E-state index in [1.807, 2.05) is 0 Å². The Bertz CT molecular complexity index is 824. The maximum atomic E-state index is 12.6. The predicted molar refractivity (Wildman–Crippen MR) is 88.3 cm³/mol. The van der Waals surface area contributed by atoms with Crippen molar-refractivity contribution < 1.29 is 24.3 Å². The van der Waals surface area contributed by atoms with Gasteiger partial charge in [0.25, 0.3) is 11.8 Å². The van der Waals surface area contributed by atoms with Crippen LogP contribution in [0.1, 0.15) is 37.5 Å². The first-order valence-corrected chi connectivity index (χ1v) is 7.75. The van der Waals surface area contributed by atoms with Gasteiger partial charge in [-0.3, -0.25) is 24.1 Å². The first-order valence-electron chi connectivity index (χ1n) is 7.75. The van der Waals surface area contributed by atoms with Gasteiger partial charge in [-0.1, -0.05) is 42.5 Å². The summed E-state index contributed by atoms with van der Waals surface area (Å²) in [5.41, 5.74) is 0.896. The number of carboxylic acids is 1. The van der Waals surface area contributed by atoms with Gasteiger partial charge < -0.3 is 5.11 Å². The van der Waals surface area contributed by atoms with Crippen molar-refractivity contribution in [3.05, 3.63) is 71.3 Å². The molecule has 6 heteroatoms. The number of hydrogen-bond acceptors (Lipinski definition) is 4. The zero-order valence-corrected chi connectivity index (χ0v) is 13.2. The van der Waals surface area contributed by atoms with Crippen molar-refractivity contribution in [2.45, 2.75) is 6.42 Å². The van der Waals surface area contributed by atoms with Gasteiger partial charge in [-0.2, -0.15) is 0 Å². The summed E-state index contributed by atoms with van der Waals surface area (Å²) in [6.45, 7) is -0.258. The normalized spacial score (nSPS) is 14.3. The molecule has 1 atom stereocenters. The number of Topliss-reactive ketones (excluding diaryl/α,β-unsaturated/α-hetero) is 1. The molecule has 3 rings (SSSR count). The van der Waals surface area contributed by atoms with Crippen molar-refractivity contribution >= 4 is 23.6 Å². The second kappa shape index (κ2) is 6.68. The van der Waals surface area contributed by atoms with Crippen LogP contribution in [0.2, 0.25) is 0 Å². The molecule has 1 heterocycles. The van der Waals surface area contributed by atoms with E-state index in [4.69, 9.17) is 5.11 Å². The smallest absolute Gasteiger partial charge is 0.304 e. The summed E-state index contributed by atoms with van der Waals surface area (Å²) in [5, 5.41) is 9.12. The molecular weight excluding hydrogens is 322 g/mol. The van der Waals surface area contributed by atoms with Gasteiger partial charge >= 0.3 is 5.97 Å². The SMILES string of the molecule is O=C(O)C[C@H](CN1C(=O)c2ccccc2C1=O)C(=O)c1ccccc1. The quantitative estimate of drug-likeness (QED) is 0.645. The maximum Gasteiger partial charge on any atom is 0.304 e. The third-order valence-electron chi connectivity index (χ3n) is 4.13. The van der Waals surface area contributed by atoms with Crippen molar-refractivity contribution in [1.29, 1.82) is 0 Å². The van der Waals surface area contributed by atoms with Crippen molar-refractivity contribution in [1.82, 2.24) is 4.90 Å². The molecule has 0 fully saturated rings. The number of amides is 2. The van der Waals surface area contributed by atoms with E-state index >= 15 is 0 Å². The highest BCUT2D eigenvalue weighted by Crippen LogP contribution is 2.25. The molecule has 2 aromatic rings. The van der Waals surface area contributed by atoms with Gasteiger partial charge in [-0.25, -0.2) is 0 Å². The zero-order chi connectivity index (χ0) is 18.0. The Morgan fingerprint density at radius 1 is 0.880 bits per heavy atom. The lowest BCUT2D eigenvalue weighted by Crippen LogP contribution is -2.38. The summed E-state index contributed by atoms with van der Waals surface area (Å²) in [6, 6.07) is 14.6. The number of aliphatic carboxylic acids is 1. The van der Waals surface area contributed by atoms with Gasteiger partial charge in [0.2, 0.25) is 0 Å². The third kappa shape index (κ3) is 3.19. The fourth-order valence-electron chi connectivity index (χ4n) is 2.91. The fraction of sp³-hybridized carbons (Fsp3) is 0.158. The van der Waals surface area contributed by atoms with E-state index in [0.717, 1.165) is 4.90 Å². The topological polar surface area (TPSA) is 91.8 Å². The molecular formula is C19H15NO5. The number of ketones is 1. The highest BCUT2D eigenvalue weighted by Gasteiger charge is 2.38. The van der Waals surface area contributed by atoms with Gasteiger partial charge in [0.15, 0.2) is 5.78 Å². The average Bonchev–Trinajstić information content (AvgIpc) is 2.86. The van der Waals surface area contributed by atoms with Gasteiger partial charge in [0, 0.05) is 12.1 Å². The zero-order valence-electron chi connectivity index (χ0n) is 13.2. The first-order chi connectivity index (χ1) is 12.0. The lowest BCUT2D eigenvalue weighted by atomic mass is 9.94. The van der Waals surface area contributed by atoms with E-state index < -0.39 is 35.9 Å². The van der Waals surface area contributed by atoms with Gasteiger partial charge in [-0.15, -0.1) is 0 Å². The van der Waals surface area contributed by atoms with E-state index in [1.165, 1.54) is 0 Å². The van der Waals surface area contributed by atoms with Crippen LogP contribution in [0.15, 0.2) is 54.6 Å². The Hall–Kier alpha value is -3.28. The molecule has 0 bridgehead atoms. The van der Waals surface area contributed by atoms with Crippen molar-refractivity contribution in [3.63, 3.8) is 0 Å². The maximum absolute atomic E-state index is 12.6. The molecule has 25 heavy (non-hydrogen) atoms. The molecule has 126 valence electrons. The van der Waals surface area contributed by atoms with E-state index in [0.29, 0.717) is 5.56 Å². The second-order valence-corrected chi connectivity index (χ2v) is 5.79. The number of carboxylic acid groups (broad SMARTS) is 1. The Labute approximate surface area is 143 Å². The largest absolute Gasteiger partial charge is 0.481 e. The van der Waals surface area contributed by atoms with E-state index in [-0.39, 0.29) is 17.7 Å². The lowest BCUT2D eigenvalue weighted by molar-refractivity contribution is -0.137. The molecule has 0 spiro atoms. The molecule has 0 saturated heterocycles. The minimum absolute atomic E-state index is 0.258. The minimum atomic E-state index is -1.16. The third-order valence-corrected chi connectivity index (χ3v) is 4.13. The number of hydrogen-bond donors (Lipinski definition) is 1. The molecule has 0 saturated carbocycles. The number of benzene rings is 2. The van der Waals surface area contributed by atoms with E-state index in [9.17, 15) is 19.2 Å². The fourth-order valence-corrected chi connectivity index (χ4v) is 2.91. The van der Waals surface area contributed by atoms with Crippen LogP contribution in [0, 0.1) is 5.92 Å². The van der Waals surface area contributed by atoms with Crippen LogP contribution in [-0.4, -0.2) is 40.1 Å². The van der Waals surface area contributed by atoms with Crippen LogP contribution in [0.5, 0.6) is 0 Å². The summed E-state index contributed by atoms with van der Waals surface area (Å²) in [6.07, 6.45) is -0.457. The molecule has 2 amide bonds. The van der Waals surface area contributed by atoms with Gasteiger partial charge in [-0.05, 0) is 12.1 Å². The minimum Gasteiger partial charge on any atom is -0.481 e. The summed E-state index contributed by atoms with van der Waals surface area (Å²) in [4.78, 5) is 49.6. The second-order valence-electron chi connectivity index (χ2n) is 5.79. The van der Waals surface area contributed by atoms with Crippen LogP contribution in [-0.2, 0) is 4.79 Å². The molecule has 0 aliphatic carbocycles. The summed E-state index contributed by atoms with van der Waals surface area (Å²) in [5.74, 6) is -3.57. The van der Waals surface area contributed by atoms with Crippen molar-refractivity contribution in [2.24, 2.45) is 5.92 Å². The predicted octanol–water partition coefficient (Wildman–Crippen LogP) is 2.26. The van der Waals surface area contributed by atoms with Gasteiger partial charge in [0.1, 0.15) is 0 Å². The number of imide groups is 1. The number of fused-ring (bicyclic) bond motifs is 1. The van der Waals surface area contributed by atoms with Gasteiger partial charge in [0.05, 0.1) is 23.5 Å². The molecule has 1 aliphatic rings. The average molecular weight is 337 g/mol. The Morgan fingerprint density at radius 2 is 1.40 bits per heavy atom. The molecule has 0 unspecified atom stereocenters. The van der Waals surface area contributed by atoms with E-state index in [2.05, 4.69) is 0 Å². The van der Waals surface area contributed by atoms with Crippen molar-refractivity contribution in [3.8, 4) is 0 Å². The monoisotopic (exact) mass is 337 g/mol. The first kappa shape index (κ1) is 16.6. The summed E-state index contributed by atoms with van der Waals surface area (Å²) >= 11 is 0. The number of carbonyl (C=O) groups is 4. The van der Waals surface area contributed by atoms with Crippen LogP contribution in [0.3, 0.4) is 0 Å². The highest BCUT2D eigenvalue weighted by molar-refractivity contribution is 6.21. The Balaban J connectivity index is 1.87. The standard InChI is InChI=1S/C19H15NO5/c21-16(22)10-13(17(23)12-6-2-1-3-7-12)11-20-18(24)14-8-4-5-9-15(14)19(20)25/h1-9,13H,10-11H2,(H,21,22)/t13-/m1/s1. The van der Waals surface area contributed by atoms with E-state index in [1.54, 1.807) is 54.6 Å². The molecule has 6 nitrogen and oxygen atoms in total. The highest BCUT2D eigenvalue weighted by atomic mass is 16.4. The molecule has 1 N–H and O–H groups in total. The molecule has 0 radical (unpaired) electrons. The summed E-state index contributed by atoms with van der Waals surface area (Å²) in [7, 11) is 0. The lowest BCUT2D eigenvalue weighted by Gasteiger charge is -2.20. The van der Waals surface area contributed by atoms with Crippen LogP contribution in [0.25, 0.3) is 0 Å². The van der Waals surface area contributed by atoms with Crippen LogP contribution in [0.4, 0.5) is 0 Å². The molecule has 0 aromatic heterocycles. The summed E-state index contributed by atoms with van der Waals surface area (Å²) < 4.78 is 0. The number of nitrogens with zero attached hydrogens (tertiary/aromatic N) is 1.